The van der Waals surface area contributed by atoms with Gasteiger partial charge in [-0.15, -0.1) is 0 Å². The van der Waals surface area contributed by atoms with E-state index >= 15 is 0 Å². The predicted octanol–water partition coefficient (Wildman–Crippen LogP) is 3.50. The van der Waals surface area contributed by atoms with Gasteiger partial charge in [-0.05, 0) is 74.1 Å². The van der Waals surface area contributed by atoms with Crippen molar-refractivity contribution >= 4 is 17.5 Å². The molecule has 0 aromatic heterocycles. The Balaban J connectivity index is 1.92. The van der Waals surface area contributed by atoms with E-state index in [1.807, 2.05) is 73.3 Å². The summed E-state index contributed by atoms with van der Waals surface area (Å²) in [5.74, 6) is -0.477. The second-order valence-electron chi connectivity index (χ2n) is 8.32. The highest BCUT2D eigenvalue weighted by Crippen LogP contribution is 2.26. The zero-order valence-corrected chi connectivity index (χ0v) is 19.2. The first-order chi connectivity index (χ1) is 15.7. The summed E-state index contributed by atoms with van der Waals surface area (Å²) in [4.78, 5) is 28.8. The fourth-order valence-corrected chi connectivity index (χ4v) is 3.86. The van der Waals surface area contributed by atoms with Crippen LogP contribution >= 0.6 is 0 Å². The van der Waals surface area contributed by atoms with Gasteiger partial charge < -0.3 is 16.2 Å². The Kier molecular flexibility index (Phi) is 7.82. The normalized spacial score (nSPS) is 12.0. The van der Waals surface area contributed by atoms with Gasteiger partial charge in [-0.3, -0.25) is 19.4 Å². The quantitative estimate of drug-likeness (QED) is 0.437. The van der Waals surface area contributed by atoms with E-state index in [0.29, 0.717) is 12.1 Å². The van der Waals surface area contributed by atoms with Crippen LogP contribution in [0.5, 0.6) is 5.75 Å². The molecule has 3 aromatic carbocycles. The number of benzene rings is 3. The minimum absolute atomic E-state index is 0.110. The van der Waals surface area contributed by atoms with E-state index in [-0.39, 0.29) is 24.4 Å². The van der Waals surface area contributed by atoms with Gasteiger partial charge in [-0.2, -0.15) is 0 Å². The van der Waals surface area contributed by atoms with Crippen molar-refractivity contribution in [2.45, 2.75) is 19.6 Å². The first-order valence-corrected chi connectivity index (χ1v) is 10.7. The Labute approximate surface area is 194 Å². The van der Waals surface area contributed by atoms with Gasteiger partial charge in [0.25, 0.3) is 0 Å². The number of anilines is 1. The third kappa shape index (κ3) is 6.65. The Morgan fingerprint density at radius 2 is 1.70 bits per heavy atom. The summed E-state index contributed by atoms with van der Waals surface area (Å²) >= 11 is 0. The van der Waals surface area contributed by atoms with Gasteiger partial charge in [0.2, 0.25) is 11.8 Å². The monoisotopic (exact) mass is 446 g/mol. The summed E-state index contributed by atoms with van der Waals surface area (Å²) in [5, 5.41) is 12.6. The molecule has 0 radical (unpaired) electrons. The van der Waals surface area contributed by atoms with E-state index in [4.69, 9.17) is 5.73 Å². The van der Waals surface area contributed by atoms with E-state index in [0.717, 1.165) is 22.4 Å². The number of aromatic hydroxyl groups is 1. The third-order valence-electron chi connectivity index (χ3n) is 5.27. The maximum atomic E-state index is 13.0. The van der Waals surface area contributed by atoms with Crippen LogP contribution in [0.4, 0.5) is 5.69 Å². The maximum absolute atomic E-state index is 13.0. The zero-order chi connectivity index (χ0) is 24.0. The van der Waals surface area contributed by atoms with E-state index in [2.05, 4.69) is 5.32 Å². The minimum Gasteiger partial charge on any atom is -0.508 e. The fourth-order valence-electron chi connectivity index (χ4n) is 3.86. The molecule has 0 aliphatic heterocycles. The molecule has 0 saturated heterocycles. The lowest BCUT2D eigenvalue weighted by molar-refractivity contribution is -0.119. The topological polar surface area (TPSA) is 98.9 Å². The van der Waals surface area contributed by atoms with Crippen molar-refractivity contribution in [3.63, 3.8) is 0 Å². The van der Waals surface area contributed by atoms with Crippen molar-refractivity contribution in [1.29, 1.82) is 0 Å². The lowest BCUT2D eigenvalue weighted by Gasteiger charge is -2.36. The molecule has 0 heterocycles. The first-order valence-electron chi connectivity index (χ1n) is 10.7. The number of hydrogen-bond donors (Lipinski definition) is 3. The molecular formula is C26H30N4O3. The molecule has 7 heteroatoms. The summed E-state index contributed by atoms with van der Waals surface area (Å²) in [6, 6.07) is 21.7. The Bertz CT molecular complexity index is 1110. The van der Waals surface area contributed by atoms with Crippen LogP contribution in [0.3, 0.4) is 0 Å². The Morgan fingerprint density at radius 3 is 2.33 bits per heavy atom. The van der Waals surface area contributed by atoms with Gasteiger partial charge in [0.1, 0.15) is 5.75 Å². The van der Waals surface area contributed by atoms with Crippen molar-refractivity contribution in [3.8, 4) is 5.75 Å². The maximum Gasteiger partial charge on any atom is 0.248 e. The molecule has 2 amide bonds. The minimum atomic E-state index is -0.503. The number of rotatable bonds is 9. The largest absolute Gasteiger partial charge is 0.508 e. The third-order valence-corrected chi connectivity index (χ3v) is 5.27. The van der Waals surface area contributed by atoms with Crippen molar-refractivity contribution in [1.82, 2.24) is 9.80 Å². The molecule has 3 aromatic rings. The first kappa shape index (κ1) is 24.0. The fraction of sp³-hybridized carbons (Fsp3) is 0.231. The number of primary amides is 1. The molecule has 7 nitrogen and oxygen atoms in total. The summed E-state index contributed by atoms with van der Waals surface area (Å²) in [6.07, 6.45) is -0.304. The smallest absolute Gasteiger partial charge is 0.248 e. The molecule has 4 N–H and O–H groups in total. The zero-order valence-electron chi connectivity index (χ0n) is 19.2. The summed E-state index contributed by atoms with van der Waals surface area (Å²) in [6.45, 7) is 2.53. The van der Waals surface area contributed by atoms with Crippen LogP contribution in [0, 0.1) is 6.92 Å². The average Bonchev–Trinajstić information content (AvgIpc) is 2.75. The average molecular weight is 447 g/mol. The van der Waals surface area contributed by atoms with Crippen LogP contribution in [0.15, 0.2) is 72.8 Å². The number of hydrogen-bond acceptors (Lipinski definition) is 5. The van der Waals surface area contributed by atoms with E-state index in [1.54, 1.807) is 30.3 Å². The van der Waals surface area contributed by atoms with Gasteiger partial charge in [0.15, 0.2) is 0 Å². The Morgan fingerprint density at radius 1 is 1.00 bits per heavy atom. The number of carbonyl (C=O) groups excluding carboxylic acids is 2. The number of phenolic OH excluding ortho intramolecular Hbond substituents is 1. The molecule has 33 heavy (non-hydrogen) atoms. The van der Waals surface area contributed by atoms with Gasteiger partial charge in [0.05, 0.1) is 12.7 Å². The number of aryl methyl sites for hydroxylation is 1. The summed E-state index contributed by atoms with van der Waals surface area (Å²) in [5.41, 5.74) is 9.49. The van der Waals surface area contributed by atoms with Crippen molar-refractivity contribution < 1.29 is 14.7 Å². The number of carbonyl (C=O) groups is 2. The molecular weight excluding hydrogens is 416 g/mol. The van der Waals surface area contributed by atoms with Gasteiger partial charge in [-0.1, -0.05) is 36.4 Å². The molecule has 3 rings (SSSR count). The highest BCUT2D eigenvalue weighted by molar-refractivity contribution is 5.93. The van der Waals surface area contributed by atoms with Crippen LogP contribution in [-0.4, -0.2) is 47.4 Å². The molecule has 1 atom stereocenters. The Hall–Kier alpha value is -3.68. The SMILES string of the molecule is Cc1cccc(NC(=O)CN(Cc2ccc(O)cc2)C(c2cccc(C(N)=O)c2)N(C)C)c1. The highest BCUT2D eigenvalue weighted by atomic mass is 16.3. The van der Waals surface area contributed by atoms with Crippen molar-refractivity contribution in [2.75, 3.05) is 26.0 Å². The van der Waals surface area contributed by atoms with Crippen LogP contribution < -0.4 is 11.1 Å². The molecule has 0 bridgehead atoms. The molecule has 0 aliphatic carbocycles. The number of phenols is 1. The lowest BCUT2D eigenvalue weighted by Crippen LogP contribution is -2.42. The molecule has 172 valence electrons. The number of nitrogens with zero attached hydrogens (tertiary/aromatic N) is 2. The molecule has 0 saturated carbocycles. The van der Waals surface area contributed by atoms with Crippen LogP contribution in [0.25, 0.3) is 0 Å². The van der Waals surface area contributed by atoms with Crippen LogP contribution in [0.1, 0.15) is 33.2 Å². The van der Waals surface area contributed by atoms with E-state index < -0.39 is 5.91 Å². The van der Waals surface area contributed by atoms with Crippen LogP contribution in [0.2, 0.25) is 0 Å². The van der Waals surface area contributed by atoms with Gasteiger partial charge in [0, 0.05) is 17.8 Å². The van der Waals surface area contributed by atoms with Crippen LogP contribution in [-0.2, 0) is 11.3 Å². The second kappa shape index (κ2) is 10.8. The van der Waals surface area contributed by atoms with Crippen molar-refractivity contribution in [3.05, 3.63) is 95.1 Å². The van der Waals surface area contributed by atoms with Gasteiger partial charge in [-0.25, -0.2) is 0 Å². The van der Waals surface area contributed by atoms with E-state index in [9.17, 15) is 14.7 Å². The standard InChI is InChI=1S/C26H30N4O3/c1-18-6-4-9-22(14-18)28-24(32)17-30(16-19-10-12-23(31)13-11-19)26(29(2)3)21-8-5-7-20(15-21)25(27)33/h4-15,26,31H,16-17H2,1-3H3,(H2,27,33)(H,28,32). The second-order valence-corrected chi connectivity index (χ2v) is 8.32. The predicted molar refractivity (Wildman–Crippen MR) is 130 cm³/mol. The summed E-state index contributed by atoms with van der Waals surface area (Å²) in [7, 11) is 3.84. The molecule has 0 aliphatic rings. The van der Waals surface area contributed by atoms with E-state index in [1.165, 1.54) is 0 Å². The molecule has 1 unspecified atom stereocenters. The summed E-state index contributed by atoms with van der Waals surface area (Å²) < 4.78 is 0. The highest BCUT2D eigenvalue weighted by Gasteiger charge is 2.26. The van der Waals surface area contributed by atoms with Gasteiger partial charge >= 0.3 is 0 Å². The van der Waals surface area contributed by atoms with Crippen molar-refractivity contribution in [2.24, 2.45) is 5.73 Å². The number of amides is 2. The molecule has 0 spiro atoms. The number of nitrogens with one attached hydrogen (secondary N) is 1. The molecule has 0 fully saturated rings. The number of nitrogens with two attached hydrogens (primary N) is 1. The lowest BCUT2D eigenvalue weighted by atomic mass is 10.1.